The molecule has 2 rings (SSSR count). The zero-order valence-corrected chi connectivity index (χ0v) is 11.4. The highest BCUT2D eigenvalue weighted by atomic mass is 16.2. The minimum absolute atomic E-state index is 0.225. The monoisotopic (exact) mass is 253 g/mol. The Morgan fingerprint density at radius 2 is 1.67 bits per heavy atom. The van der Waals surface area contributed by atoms with E-state index in [1.807, 2.05) is 0 Å². The van der Waals surface area contributed by atoms with Crippen LogP contribution in [-0.4, -0.2) is 49.6 Å². The van der Waals surface area contributed by atoms with Crippen LogP contribution >= 0.6 is 0 Å². The molecular weight excluding hydrogens is 226 g/mol. The third-order valence-corrected chi connectivity index (χ3v) is 4.05. The molecule has 0 aromatic heterocycles. The highest BCUT2D eigenvalue weighted by molar-refractivity contribution is 5.78. The van der Waals surface area contributed by atoms with Crippen molar-refractivity contribution < 1.29 is 4.79 Å². The second-order valence-corrected chi connectivity index (χ2v) is 5.64. The molecule has 2 N–H and O–H groups in total. The van der Waals surface area contributed by atoms with Gasteiger partial charge in [-0.2, -0.15) is 0 Å². The number of carbonyl (C=O) groups excluding carboxylic acids is 1. The molecule has 1 saturated heterocycles. The van der Waals surface area contributed by atoms with E-state index in [4.69, 9.17) is 0 Å². The van der Waals surface area contributed by atoms with Crippen LogP contribution in [0.15, 0.2) is 0 Å². The average Bonchev–Trinajstić information content (AvgIpc) is 2.34. The maximum Gasteiger partial charge on any atom is 0.234 e. The number of nitrogens with zero attached hydrogens (tertiary/aromatic N) is 1. The molecule has 18 heavy (non-hydrogen) atoms. The quantitative estimate of drug-likeness (QED) is 0.792. The molecule has 0 spiro atoms. The van der Waals surface area contributed by atoms with Gasteiger partial charge in [0.25, 0.3) is 0 Å². The predicted octanol–water partition coefficient (Wildman–Crippen LogP) is 1.12. The van der Waals surface area contributed by atoms with Crippen molar-refractivity contribution in [3.63, 3.8) is 0 Å². The number of hydrogen-bond donors (Lipinski definition) is 2. The van der Waals surface area contributed by atoms with Crippen molar-refractivity contribution in [1.82, 2.24) is 15.5 Å². The molecular formula is C14H27N3O. The van der Waals surface area contributed by atoms with Crippen LogP contribution in [0.1, 0.15) is 44.9 Å². The normalized spacial score (nSPS) is 24.2. The number of carbonyl (C=O) groups is 1. The van der Waals surface area contributed by atoms with Crippen LogP contribution in [0, 0.1) is 0 Å². The number of nitrogens with one attached hydrogen (secondary N) is 2. The largest absolute Gasteiger partial charge is 0.352 e. The first-order valence-electron chi connectivity index (χ1n) is 7.57. The van der Waals surface area contributed by atoms with Gasteiger partial charge in [0.2, 0.25) is 5.91 Å². The highest BCUT2D eigenvalue weighted by Gasteiger charge is 2.17. The molecule has 2 aliphatic rings. The Bertz CT molecular complexity index is 243. The molecule has 1 aliphatic heterocycles. The number of hydrogen-bond acceptors (Lipinski definition) is 3. The molecule has 1 heterocycles. The third kappa shape index (κ3) is 4.94. The molecule has 0 bridgehead atoms. The first-order chi connectivity index (χ1) is 8.84. The molecule has 0 aromatic rings. The Morgan fingerprint density at radius 1 is 1.06 bits per heavy atom. The van der Waals surface area contributed by atoms with Crippen molar-refractivity contribution in [3.8, 4) is 0 Å². The maximum atomic E-state index is 12.0. The highest BCUT2D eigenvalue weighted by Crippen LogP contribution is 2.16. The van der Waals surface area contributed by atoms with Gasteiger partial charge in [-0.3, -0.25) is 9.69 Å². The molecule has 1 aliphatic carbocycles. The first kappa shape index (κ1) is 13.8. The van der Waals surface area contributed by atoms with Crippen LogP contribution in [0.2, 0.25) is 0 Å². The van der Waals surface area contributed by atoms with E-state index in [9.17, 15) is 4.79 Å². The topological polar surface area (TPSA) is 44.4 Å². The molecule has 1 saturated carbocycles. The zero-order chi connectivity index (χ0) is 12.6. The average molecular weight is 253 g/mol. The Labute approximate surface area is 110 Å². The van der Waals surface area contributed by atoms with Crippen LogP contribution in [0.3, 0.4) is 0 Å². The van der Waals surface area contributed by atoms with Crippen LogP contribution in [0.4, 0.5) is 0 Å². The van der Waals surface area contributed by atoms with E-state index in [1.54, 1.807) is 0 Å². The molecule has 0 radical (unpaired) electrons. The molecule has 104 valence electrons. The van der Waals surface area contributed by atoms with Gasteiger partial charge in [-0.25, -0.2) is 0 Å². The fourth-order valence-electron chi connectivity index (χ4n) is 2.95. The predicted molar refractivity (Wildman–Crippen MR) is 73.6 cm³/mol. The van der Waals surface area contributed by atoms with Gasteiger partial charge in [0.1, 0.15) is 0 Å². The van der Waals surface area contributed by atoms with Gasteiger partial charge < -0.3 is 10.6 Å². The summed E-state index contributed by atoms with van der Waals surface area (Å²) in [6.07, 6.45) is 8.95. The van der Waals surface area contributed by atoms with Crippen LogP contribution < -0.4 is 10.6 Å². The van der Waals surface area contributed by atoms with E-state index in [2.05, 4.69) is 15.5 Å². The zero-order valence-electron chi connectivity index (χ0n) is 11.4. The molecule has 2 fully saturated rings. The lowest BCUT2D eigenvalue weighted by molar-refractivity contribution is -0.123. The fraction of sp³-hybridized carbons (Fsp3) is 0.929. The van der Waals surface area contributed by atoms with Crippen LogP contribution in [0.5, 0.6) is 0 Å². The molecule has 1 amide bonds. The van der Waals surface area contributed by atoms with E-state index in [0.717, 1.165) is 26.2 Å². The van der Waals surface area contributed by atoms with E-state index < -0.39 is 0 Å². The minimum Gasteiger partial charge on any atom is -0.352 e. The van der Waals surface area contributed by atoms with Crippen molar-refractivity contribution in [1.29, 1.82) is 0 Å². The van der Waals surface area contributed by atoms with Gasteiger partial charge in [-0.1, -0.05) is 32.1 Å². The summed E-state index contributed by atoms with van der Waals surface area (Å²) in [6, 6.07) is 0.431. The lowest BCUT2D eigenvalue weighted by atomic mass is 9.97. The smallest absolute Gasteiger partial charge is 0.234 e. The van der Waals surface area contributed by atoms with E-state index in [1.165, 1.54) is 44.9 Å². The summed E-state index contributed by atoms with van der Waals surface area (Å²) >= 11 is 0. The molecule has 0 unspecified atom stereocenters. The SMILES string of the molecule is O=C(CN1CCNCC1)NC1CCCCCCC1. The van der Waals surface area contributed by atoms with Crippen molar-refractivity contribution in [2.24, 2.45) is 0 Å². The van der Waals surface area contributed by atoms with E-state index in [0.29, 0.717) is 12.6 Å². The first-order valence-corrected chi connectivity index (χ1v) is 7.57. The summed E-state index contributed by atoms with van der Waals surface area (Å²) in [7, 11) is 0. The molecule has 0 atom stereocenters. The van der Waals surface area contributed by atoms with Gasteiger partial charge in [0.05, 0.1) is 6.54 Å². The van der Waals surface area contributed by atoms with Gasteiger partial charge in [-0.05, 0) is 12.8 Å². The Morgan fingerprint density at radius 3 is 2.33 bits per heavy atom. The Balaban J connectivity index is 1.68. The molecule has 4 heteroatoms. The summed E-state index contributed by atoms with van der Waals surface area (Å²) in [5, 5.41) is 6.54. The van der Waals surface area contributed by atoms with Gasteiger partial charge >= 0.3 is 0 Å². The summed E-state index contributed by atoms with van der Waals surface area (Å²) < 4.78 is 0. The van der Waals surface area contributed by atoms with Gasteiger partial charge in [0, 0.05) is 32.2 Å². The number of piperazine rings is 1. The van der Waals surface area contributed by atoms with Crippen molar-refractivity contribution in [3.05, 3.63) is 0 Å². The summed E-state index contributed by atoms with van der Waals surface area (Å²) in [5.41, 5.74) is 0. The summed E-state index contributed by atoms with van der Waals surface area (Å²) in [6.45, 7) is 4.60. The van der Waals surface area contributed by atoms with Crippen molar-refractivity contribution in [2.45, 2.75) is 51.0 Å². The van der Waals surface area contributed by atoms with Crippen molar-refractivity contribution in [2.75, 3.05) is 32.7 Å². The number of amides is 1. The van der Waals surface area contributed by atoms with Gasteiger partial charge in [0.15, 0.2) is 0 Å². The van der Waals surface area contributed by atoms with Crippen LogP contribution in [-0.2, 0) is 4.79 Å². The Hall–Kier alpha value is -0.610. The fourth-order valence-corrected chi connectivity index (χ4v) is 2.95. The third-order valence-electron chi connectivity index (χ3n) is 4.05. The lowest BCUT2D eigenvalue weighted by Gasteiger charge is -2.28. The van der Waals surface area contributed by atoms with E-state index >= 15 is 0 Å². The molecule has 4 nitrogen and oxygen atoms in total. The standard InChI is InChI=1S/C14H27N3O/c18-14(12-17-10-8-15-9-11-17)16-13-6-4-2-1-3-5-7-13/h13,15H,1-12H2,(H,16,18). The minimum atomic E-state index is 0.225. The maximum absolute atomic E-state index is 12.0. The second kappa shape index (κ2) is 7.74. The molecule has 0 aromatic carbocycles. The Kier molecular flexibility index (Phi) is 5.94. The van der Waals surface area contributed by atoms with Crippen LogP contribution in [0.25, 0.3) is 0 Å². The lowest BCUT2D eigenvalue weighted by Crippen LogP contribution is -2.49. The van der Waals surface area contributed by atoms with E-state index in [-0.39, 0.29) is 5.91 Å². The number of rotatable bonds is 3. The van der Waals surface area contributed by atoms with Crippen molar-refractivity contribution >= 4 is 5.91 Å². The van der Waals surface area contributed by atoms with Gasteiger partial charge in [-0.15, -0.1) is 0 Å². The summed E-state index contributed by atoms with van der Waals surface area (Å²) in [4.78, 5) is 14.2. The summed E-state index contributed by atoms with van der Waals surface area (Å²) in [5.74, 6) is 0.225. The second-order valence-electron chi connectivity index (χ2n) is 5.64.